The molecular formula is C83H62N2. The summed E-state index contributed by atoms with van der Waals surface area (Å²) < 4.78 is 0. The molecule has 2 heteroatoms. The van der Waals surface area contributed by atoms with Crippen LogP contribution in [0.25, 0.3) is 68.8 Å². The number of rotatable bonds is 10. The van der Waals surface area contributed by atoms with Crippen LogP contribution in [0.4, 0.5) is 34.1 Å². The Hall–Kier alpha value is -10.3. The molecule has 1 spiro atoms. The first-order valence-electron chi connectivity index (χ1n) is 29.9. The van der Waals surface area contributed by atoms with Crippen LogP contribution in [0.3, 0.4) is 0 Å². The summed E-state index contributed by atoms with van der Waals surface area (Å²) >= 11 is 0. The summed E-state index contributed by atoms with van der Waals surface area (Å²) in [5, 5.41) is 0. The van der Waals surface area contributed by atoms with E-state index in [1.807, 2.05) is 0 Å². The molecular weight excluding hydrogens is 1020 g/mol. The van der Waals surface area contributed by atoms with Crippen molar-refractivity contribution in [2.75, 3.05) is 9.80 Å². The normalized spacial score (nSPS) is 14.5. The van der Waals surface area contributed by atoms with Gasteiger partial charge in [-0.2, -0.15) is 0 Å². The SMILES string of the molecule is CC1(C)c2cc(C=Cc3ccc4c(c3)C3(c5ccccc5-c5ccccc53)c3cc(C=Cc5ccc6c(c5)C(C)(C)c5cc(N(c7ccccc7)c7ccccc7)ccc5-6)ccc3-4)ccc2-c2ccc(N(c3ccccc3)c3ccccc3)cc21. The van der Waals surface area contributed by atoms with Crippen molar-refractivity contribution in [3.05, 3.63) is 346 Å². The van der Waals surface area contributed by atoms with Gasteiger partial charge in [-0.05, 0) is 196 Å². The summed E-state index contributed by atoms with van der Waals surface area (Å²) in [6.07, 6.45) is 9.27. The summed E-state index contributed by atoms with van der Waals surface area (Å²) in [5.74, 6) is 0. The van der Waals surface area contributed by atoms with E-state index < -0.39 is 5.41 Å². The fourth-order valence-electron chi connectivity index (χ4n) is 14.9. The van der Waals surface area contributed by atoms with E-state index in [0.29, 0.717) is 0 Å². The molecule has 0 aromatic heterocycles. The molecule has 4 aliphatic rings. The van der Waals surface area contributed by atoms with Crippen molar-refractivity contribution in [2.24, 2.45) is 0 Å². The molecule has 0 amide bonds. The molecule has 0 fully saturated rings. The summed E-state index contributed by atoms with van der Waals surface area (Å²) in [6, 6.07) is 104. The highest BCUT2D eigenvalue weighted by molar-refractivity contribution is 5.97. The van der Waals surface area contributed by atoms with Gasteiger partial charge in [0.15, 0.2) is 0 Å². The highest BCUT2D eigenvalue weighted by Crippen LogP contribution is 2.63. The molecule has 16 rings (SSSR count). The minimum Gasteiger partial charge on any atom is -0.310 e. The first-order valence-corrected chi connectivity index (χ1v) is 29.9. The maximum Gasteiger partial charge on any atom is 0.0725 e. The molecule has 0 N–H and O–H groups in total. The molecule has 12 aromatic rings. The molecule has 0 saturated carbocycles. The van der Waals surface area contributed by atoms with Crippen molar-refractivity contribution in [1.29, 1.82) is 0 Å². The number of hydrogen-bond acceptors (Lipinski definition) is 2. The predicted molar refractivity (Wildman–Crippen MR) is 358 cm³/mol. The maximum atomic E-state index is 2.48. The Morgan fingerprint density at radius 2 is 0.459 bits per heavy atom. The van der Waals surface area contributed by atoms with Gasteiger partial charge in [0.2, 0.25) is 0 Å². The monoisotopic (exact) mass is 1090 g/mol. The summed E-state index contributed by atoms with van der Waals surface area (Å²) in [6.45, 7) is 9.54. The molecule has 0 aliphatic heterocycles. The number of fused-ring (bicyclic) bond motifs is 16. The molecule has 0 saturated heterocycles. The first kappa shape index (κ1) is 50.4. The van der Waals surface area contributed by atoms with Gasteiger partial charge in [0, 0.05) is 45.0 Å². The van der Waals surface area contributed by atoms with Crippen molar-refractivity contribution >= 4 is 58.4 Å². The lowest BCUT2D eigenvalue weighted by molar-refractivity contribution is 0.660. The van der Waals surface area contributed by atoms with E-state index in [-0.39, 0.29) is 10.8 Å². The predicted octanol–water partition coefficient (Wildman–Crippen LogP) is 21.9. The van der Waals surface area contributed by atoms with Crippen LogP contribution in [-0.2, 0) is 16.2 Å². The van der Waals surface area contributed by atoms with Crippen LogP contribution in [0.1, 0.15) is 94.5 Å². The second kappa shape index (κ2) is 19.4. The van der Waals surface area contributed by atoms with Gasteiger partial charge in [-0.15, -0.1) is 0 Å². The average molecular weight is 1090 g/mol. The number of nitrogens with zero attached hydrogens (tertiary/aromatic N) is 2. The van der Waals surface area contributed by atoms with Gasteiger partial charge in [-0.25, -0.2) is 0 Å². The fourth-order valence-corrected chi connectivity index (χ4v) is 14.9. The van der Waals surface area contributed by atoms with Crippen LogP contribution < -0.4 is 9.80 Å². The van der Waals surface area contributed by atoms with Crippen molar-refractivity contribution in [1.82, 2.24) is 0 Å². The Kier molecular flexibility index (Phi) is 11.5. The third-order valence-electron chi connectivity index (χ3n) is 19.0. The van der Waals surface area contributed by atoms with Gasteiger partial charge in [-0.3, -0.25) is 0 Å². The quantitative estimate of drug-likeness (QED) is 0.126. The minimum absolute atomic E-state index is 0.197. The van der Waals surface area contributed by atoms with Crippen LogP contribution >= 0.6 is 0 Å². The third kappa shape index (κ3) is 7.85. The van der Waals surface area contributed by atoms with Gasteiger partial charge in [-0.1, -0.05) is 246 Å². The summed E-state index contributed by atoms with van der Waals surface area (Å²) in [7, 11) is 0. The lowest BCUT2D eigenvalue weighted by Crippen LogP contribution is -2.26. The molecule has 0 radical (unpaired) electrons. The zero-order valence-electron chi connectivity index (χ0n) is 48.3. The second-order valence-electron chi connectivity index (χ2n) is 24.5. The molecule has 85 heavy (non-hydrogen) atoms. The third-order valence-corrected chi connectivity index (χ3v) is 19.0. The Balaban J connectivity index is 0.723. The number of hydrogen-bond donors (Lipinski definition) is 0. The maximum absolute atomic E-state index is 2.48. The molecule has 0 unspecified atom stereocenters. The van der Waals surface area contributed by atoms with Crippen molar-refractivity contribution in [3.63, 3.8) is 0 Å². The van der Waals surface area contributed by atoms with Crippen LogP contribution in [0.15, 0.2) is 279 Å². The Morgan fingerprint density at radius 1 is 0.212 bits per heavy atom. The molecule has 12 aromatic carbocycles. The first-order chi connectivity index (χ1) is 41.6. The Labute approximate surface area is 499 Å². The van der Waals surface area contributed by atoms with E-state index in [1.54, 1.807) is 0 Å². The molecule has 4 aliphatic carbocycles. The smallest absolute Gasteiger partial charge is 0.0725 e. The molecule has 0 atom stereocenters. The van der Waals surface area contributed by atoms with Gasteiger partial charge < -0.3 is 9.80 Å². The van der Waals surface area contributed by atoms with E-state index >= 15 is 0 Å². The van der Waals surface area contributed by atoms with Crippen LogP contribution in [0, 0.1) is 0 Å². The topological polar surface area (TPSA) is 6.48 Å². The lowest BCUT2D eigenvalue weighted by Gasteiger charge is -2.30. The molecule has 0 heterocycles. The number of benzene rings is 12. The fraction of sp³-hybridized carbons (Fsp3) is 0.0843. The molecule has 0 bridgehead atoms. The standard InChI is InChI=1S/C83H62N2/c1-81(2)75-49-55(37-43-67(75)69-47-41-63(53-77(69)81)84(59-21-9-5-10-22-59)60-23-11-6-12-24-60)33-35-57-39-45-71-72-46-40-58(52-80(72)83(79(71)51-57)73-31-19-17-29-65(73)66-30-18-20-32-74(66)83)36-34-56-38-44-68-70-48-42-64(54-78(70)82(3,4)76(68)50-56)85(61-25-13-7-14-26-61)62-27-15-8-16-28-62/h5-54H,1-4H3. The van der Waals surface area contributed by atoms with Crippen molar-refractivity contribution in [3.8, 4) is 44.5 Å². The Bertz CT molecular complexity index is 4320. The molecule has 2 nitrogen and oxygen atoms in total. The van der Waals surface area contributed by atoms with Crippen LogP contribution in [-0.4, -0.2) is 0 Å². The minimum atomic E-state index is -0.483. The summed E-state index contributed by atoms with van der Waals surface area (Å²) in [5.41, 5.74) is 32.0. The van der Waals surface area contributed by atoms with Crippen molar-refractivity contribution < 1.29 is 0 Å². The highest BCUT2D eigenvalue weighted by atomic mass is 15.1. The number of anilines is 6. The van der Waals surface area contributed by atoms with Crippen molar-refractivity contribution in [2.45, 2.75) is 43.9 Å². The molecule has 404 valence electrons. The van der Waals surface area contributed by atoms with Gasteiger partial charge in [0.25, 0.3) is 0 Å². The van der Waals surface area contributed by atoms with Gasteiger partial charge in [0.05, 0.1) is 5.41 Å². The Morgan fingerprint density at radius 3 is 0.788 bits per heavy atom. The van der Waals surface area contributed by atoms with E-state index in [2.05, 4.69) is 341 Å². The second-order valence-corrected chi connectivity index (χ2v) is 24.5. The lowest BCUT2D eigenvalue weighted by atomic mass is 9.70. The van der Waals surface area contributed by atoms with E-state index in [0.717, 1.165) is 34.1 Å². The largest absolute Gasteiger partial charge is 0.310 e. The van der Waals surface area contributed by atoms with Gasteiger partial charge >= 0.3 is 0 Å². The van der Waals surface area contributed by atoms with E-state index in [1.165, 1.54) is 111 Å². The highest BCUT2D eigenvalue weighted by Gasteiger charge is 2.52. The van der Waals surface area contributed by atoms with E-state index in [4.69, 9.17) is 0 Å². The van der Waals surface area contributed by atoms with Gasteiger partial charge in [0.1, 0.15) is 0 Å². The average Bonchev–Trinajstić information content (AvgIpc) is 1.64. The number of para-hydroxylation sites is 4. The summed E-state index contributed by atoms with van der Waals surface area (Å²) in [4.78, 5) is 4.73. The van der Waals surface area contributed by atoms with Crippen LogP contribution in [0.5, 0.6) is 0 Å². The van der Waals surface area contributed by atoms with Crippen LogP contribution in [0.2, 0.25) is 0 Å². The zero-order chi connectivity index (χ0) is 57.0. The van der Waals surface area contributed by atoms with E-state index in [9.17, 15) is 0 Å². The zero-order valence-corrected chi connectivity index (χ0v) is 48.3.